The molecule has 170 valence electrons. The lowest BCUT2D eigenvalue weighted by Crippen LogP contribution is -2.66. The van der Waals surface area contributed by atoms with Crippen LogP contribution < -0.4 is 0 Å². The summed E-state index contributed by atoms with van der Waals surface area (Å²) in [5.74, 6) is -1.99. The summed E-state index contributed by atoms with van der Waals surface area (Å²) in [6.45, 7) is 14.0. The van der Waals surface area contributed by atoms with Crippen LogP contribution in [-0.4, -0.2) is 47.9 Å². The Labute approximate surface area is 183 Å². The summed E-state index contributed by atoms with van der Waals surface area (Å²) in [5.41, 5.74) is -1.41. The predicted molar refractivity (Wildman–Crippen MR) is 114 cm³/mol. The van der Waals surface area contributed by atoms with Gasteiger partial charge in [-0.1, -0.05) is 38.7 Å². The van der Waals surface area contributed by atoms with Gasteiger partial charge in [-0.2, -0.15) is 0 Å². The van der Waals surface area contributed by atoms with Crippen molar-refractivity contribution in [2.24, 2.45) is 22.7 Å². The highest BCUT2D eigenvalue weighted by molar-refractivity contribution is 5.86. The molecule has 0 aliphatic heterocycles. The van der Waals surface area contributed by atoms with Gasteiger partial charge >= 0.3 is 11.9 Å². The summed E-state index contributed by atoms with van der Waals surface area (Å²) < 4.78 is 10.9. The first-order valence-electron chi connectivity index (χ1n) is 10.4. The highest BCUT2D eigenvalue weighted by atomic mass is 16.6. The van der Waals surface area contributed by atoms with E-state index in [9.17, 15) is 24.3 Å². The van der Waals surface area contributed by atoms with Gasteiger partial charge < -0.3 is 19.4 Å². The maximum absolute atomic E-state index is 12.6. The monoisotopic (exact) mass is 432 g/mol. The van der Waals surface area contributed by atoms with Crippen molar-refractivity contribution in [2.75, 3.05) is 0 Å². The van der Waals surface area contributed by atoms with Crippen molar-refractivity contribution < 1.29 is 33.8 Å². The smallest absolute Gasteiger partial charge is 0.303 e. The van der Waals surface area contributed by atoms with Gasteiger partial charge in [-0.15, -0.1) is 0 Å². The number of aliphatic hydroxyl groups excluding tert-OH is 1. The molecular formula is C24H32O7. The molecule has 7 nitrogen and oxygen atoms in total. The Morgan fingerprint density at radius 3 is 2.35 bits per heavy atom. The van der Waals surface area contributed by atoms with Crippen molar-refractivity contribution in [1.29, 1.82) is 0 Å². The number of aliphatic hydroxyl groups is 1. The summed E-state index contributed by atoms with van der Waals surface area (Å²) in [7, 11) is 0. The van der Waals surface area contributed by atoms with Gasteiger partial charge in [-0.25, -0.2) is 0 Å². The van der Waals surface area contributed by atoms with Gasteiger partial charge in [-0.3, -0.25) is 14.4 Å². The molecule has 0 saturated heterocycles. The van der Waals surface area contributed by atoms with Crippen molar-refractivity contribution in [3.05, 3.63) is 36.5 Å². The average molecular weight is 433 g/mol. The highest BCUT2D eigenvalue weighted by Gasteiger charge is 2.66. The van der Waals surface area contributed by atoms with Crippen molar-refractivity contribution in [3.8, 4) is 0 Å². The first-order valence-corrected chi connectivity index (χ1v) is 10.4. The zero-order valence-electron chi connectivity index (χ0n) is 18.6. The molecule has 1 N–H and O–H groups in total. The quantitative estimate of drug-likeness (QED) is 0.357. The zero-order chi connectivity index (χ0) is 23.6. The van der Waals surface area contributed by atoms with Gasteiger partial charge in [0, 0.05) is 25.3 Å². The number of rotatable bonds is 8. The lowest BCUT2D eigenvalue weighted by Gasteiger charge is -2.61. The number of hydrogen-bond donors (Lipinski definition) is 1. The van der Waals surface area contributed by atoms with E-state index in [4.69, 9.17) is 9.47 Å². The molecule has 2 aliphatic carbocycles. The zero-order valence-corrected chi connectivity index (χ0v) is 18.6. The number of fused-ring (bicyclic) bond motifs is 1. The number of carbonyl (C=O) groups is 4. The Morgan fingerprint density at radius 2 is 1.87 bits per heavy atom. The molecule has 0 aromatic heterocycles. The molecule has 0 aromatic rings. The Balaban J connectivity index is 2.70. The van der Waals surface area contributed by atoms with Gasteiger partial charge in [-0.05, 0) is 36.7 Å². The third-order valence-corrected chi connectivity index (χ3v) is 7.25. The number of esters is 2. The molecule has 7 atom stereocenters. The Bertz CT molecular complexity index is 813. The lowest BCUT2D eigenvalue weighted by atomic mass is 9.44. The van der Waals surface area contributed by atoms with Crippen LogP contribution in [0, 0.1) is 22.7 Å². The molecule has 1 saturated carbocycles. The van der Waals surface area contributed by atoms with Crippen LogP contribution in [0.1, 0.15) is 47.0 Å². The van der Waals surface area contributed by atoms with Crippen molar-refractivity contribution in [2.45, 2.75) is 65.3 Å². The average Bonchev–Trinajstić information content (AvgIpc) is 2.72. The van der Waals surface area contributed by atoms with Crippen molar-refractivity contribution >= 4 is 24.5 Å². The van der Waals surface area contributed by atoms with E-state index in [0.717, 1.165) is 5.57 Å². The molecule has 0 spiro atoms. The van der Waals surface area contributed by atoms with Gasteiger partial charge in [0.2, 0.25) is 0 Å². The van der Waals surface area contributed by atoms with Crippen LogP contribution in [0.15, 0.2) is 36.5 Å². The normalized spacial score (nSPS) is 36.9. The van der Waals surface area contributed by atoms with Gasteiger partial charge in [0.1, 0.15) is 30.9 Å². The second kappa shape index (κ2) is 9.30. The number of hydrogen-bond acceptors (Lipinski definition) is 7. The van der Waals surface area contributed by atoms with Crippen LogP contribution in [0.25, 0.3) is 0 Å². The lowest BCUT2D eigenvalue weighted by molar-refractivity contribution is -0.212. The summed E-state index contributed by atoms with van der Waals surface area (Å²) in [5, 5.41) is 11.3. The van der Waals surface area contributed by atoms with Crippen LogP contribution in [0.5, 0.6) is 0 Å². The fourth-order valence-corrected chi connectivity index (χ4v) is 5.42. The third kappa shape index (κ3) is 4.28. The number of ether oxygens (including phenoxy) is 2. The van der Waals surface area contributed by atoms with E-state index in [1.807, 2.05) is 13.8 Å². The topological polar surface area (TPSA) is 107 Å². The van der Waals surface area contributed by atoms with Crippen LogP contribution in [-0.2, 0) is 28.7 Å². The Morgan fingerprint density at radius 1 is 1.26 bits per heavy atom. The fourth-order valence-electron chi connectivity index (χ4n) is 5.42. The van der Waals surface area contributed by atoms with E-state index in [1.54, 1.807) is 6.08 Å². The molecule has 2 rings (SSSR count). The van der Waals surface area contributed by atoms with E-state index in [1.165, 1.54) is 19.9 Å². The number of allylic oxidation sites excluding steroid dienone is 2. The maximum Gasteiger partial charge on any atom is 0.303 e. The molecule has 0 heterocycles. The van der Waals surface area contributed by atoms with Gasteiger partial charge in [0.15, 0.2) is 0 Å². The SMILES string of the molecule is C=CC(=C)CC[C@]1(C)[C@H]2C[C@H](OC(C)=O)C=C(C=O)[C@@]2(C=O)[C@H](O)[C@H](OC(C)=O)[C@@H]1C. The summed E-state index contributed by atoms with van der Waals surface area (Å²) in [6.07, 6.45) is 2.44. The van der Waals surface area contributed by atoms with E-state index >= 15 is 0 Å². The van der Waals surface area contributed by atoms with Crippen LogP contribution >= 0.6 is 0 Å². The molecule has 0 aromatic carbocycles. The van der Waals surface area contributed by atoms with Crippen molar-refractivity contribution in [3.63, 3.8) is 0 Å². The van der Waals surface area contributed by atoms with E-state index in [0.29, 0.717) is 25.4 Å². The molecule has 2 aliphatic rings. The maximum atomic E-state index is 12.6. The number of aldehydes is 2. The second-order valence-corrected chi connectivity index (χ2v) is 8.90. The van der Waals surface area contributed by atoms with Crippen LogP contribution in [0.3, 0.4) is 0 Å². The second-order valence-electron chi connectivity index (χ2n) is 8.90. The van der Waals surface area contributed by atoms with Crippen LogP contribution in [0.2, 0.25) is 0 Å². The Hall–Kier alpha value is -2.54. The van der Waals surface area contributed by atoms with E-state index in [-0.39, 0.29) is 17.9 Å². The summed E-state index contributed by atoms with van der Waals surface area (Å²) >= 11 is 0. The molecule has 1 fully saturated rings. The first kappa shape index (κ1) is 24.7. The molecule has 31 heavy (non-hydrogen) atoms. The van der Waals surface area contributed by atoms with Gasteiger partial charge in [0.25, 0.3) is 0 Å². The molecule has 0 amide bonds. The molecule has 0 bridgehead atoms. The minimum Gasteiger partial charge on any atom is -0.459 e. The van der Waals surface area contributed by atoms with E-state index < -0.39 is 47.0 Å². The minimum absolute atomic E-state index is 0.0373. The predicted octanol–water partition coefficient (Wildman–Crippen LogP) is 2.72. The van der Waals surface area contributed by atoms with E-state index in [2.05, 4.69) is 13.2 Å². The Kier molecular flexibility index (Phi) is 7.42. The third-order valence-electron chi connectivity index (χ3n) is 7.25. The molecule has 0 unspecified atom stereocenters. The molecule has 7 heteroatoms. The summed E-state index contributed by atoms with van der Waals surface area (Å²) in [4.78, 5) is 48.1. The highest BCUT2D eigenvalue weighted by Crippen LogP contribution is 2.62. The van der Waals surface area contributed by atoms with Crippen molar-refractivity contribution in [1.82, 2.24) is 0 Å². The fraction of sp³-hybridized carbons (Fsp3) is 0.583. The minimum atomic E-state index is -1.59. The molecular weight excluding hydrogens is 400 g/mol. The van der Waals surface area contributed by atoms with Crippen LogP contribution in [0.4, 0.5) is 0 Å². The number of carbonyl (C=O) groups excluding carboxylic acids is 4. The first-order chi connectivity index (χ1) is 14.5. The van der Waals surface area contributed by atoms with Gasteiger partial charge in [0.05, 0.1) is 5.41 Å². The standard InChI is InChI=1S/C24H32O7/c1-7-14(2)8-9-23(6)15(3)21(31-17(5)28)22(29)24(13-26)18(12-25)10-19(11-20(23)24)30-16(4)27/h7,10,12-13,15,19-22,29H,1-2,8-9,11H2,3-6H3/t15-,19+,20+,21+,22+,23-,24+/m0/s1. The largest absolute Gasteiger partial charge is 0.459 e. The molecule has 0 radical (unpaired) electrons. The summed E-state index contributed by atoms with van der Waals surface area (Å²) in [6, 6.07) is 0.